The predicted octanol–water partition coefficient (Wildman–Crippen LogP) is 5.27. The van der Waals surface area contributed by atoms with Crippen LogP contribution in [0.25, 0.3) is 11.1 Å². The smallest absolute Gasteiger partial charge is 0.305 e. The summed E-state index contributed by atoms with van der Waals surface area (Å²) in [5, 5.41) is 13.2. The van der Waals surface area contributed by atoms with Gasteiger partial charge < -0.3 is 15.2 Å². The number of methoxy groups -OCH3 is 1. The van der Waals surface area contributed by atoms with E-state index in [1.807, 2.05) is 30.3 Å². The van der Waals surface area contributed by atoms with Crippen LogP contribution in [0.5, 0.6) is 5.75 Å². The highest BCUT2D eigenvalue weighted by Gasteiger charge is 2.18. The van der Waals surface area contributed by atoms with Crippen LogP contribution in [0.3, 0.4) is 0 Å². The van der Waals surface area contributed by atoms with Crippen LogP contribution in [0.1, 0.15) is 35.1 Å². The Morgan fingerprint density at radius 2 is 1.67 bits per heavy atom. The molecule has 1 aliphatic rings. The molecular weight excluding hydrogens is 374 g/mol. The van der Waals surface area contributed by atoms with E-state index >= 15 is 0 Å². The van der Waals surface area contributed by atoms with Gasteiger partial charge in [0.05, 0.1) is 7.11 Å². The van der Waals surface area contributed by atoms with Crippen molar-refractivity contribution in [1.82, 2.24) is 0 Å². The van der Waals surface area contributed by atoms with Gasteiger partial charge in [0.1, 0.15) is 5.75 Å². The number of anilines is 1. The highest BCUT2D eigenvalue weighted by atomic mass is 16.5. The van der Waals surface area contributed by atoms with E-state index in [1.165, 1.54) is 18.4 Å². The fraction of sp³-hybridized carbons (Fsp3) is 0.192. The van der Waals surface area contributed by atoms with Gasteiger partial charge in [-0.1, -0.05) is 48.5 Å². The molecule has 4 rings (SSSR count). The summed E-state index contributed by atoms with van der Waals surface area (Å²) >= 11 is 0. The third-order valence-corrected chi connectivity index (χ3v) is 5.49. The topological polar surface area (TPSA) is 58.6 Å². The molecule has 0 radical (unpaired) electrons. The van der Waals surface area contributed by atoms with Gasteiger partial charge in [-0.3, -0.25) is 4.79 Å². The molecule has 3 aromatic carbocycles. The first-order valence-corrected chi connectivity index (χ1v) is 10.2. The molecule has 1 aliphatic heterocycles. The minimum atomic E-state index is -0.230. The highest BCUT2D eigenvalue weighted by Crippen LogP contribution is 2.37. The average molecular weight is 399 g/mol. The quantitative estimate of drug-likeness (QED) is 0.438. The molecule has 0 bridgehead atoms. The minimum Gasteiger partial charge on any atom is -0.508 e. The highest BCUT2D eigenvalue weighted by molar-refractivity contribution is 5.99. The number of hydrogen-bond acceptors (Lipinski definition) is 4. The number of allylic oxidation sites excluding steroid dienone is 1. The van der Waals surface area contributed by atoms with Gasteiger partial charge in [0.2, 0.25) is 0 Å². The SMILES string of the molecule is COC(=O)CC/C(=C(\c1ccc(O)cc1)c1ccc2c(c1)CCN2)c1ccccc1. The van der Waals surface area contributed by atoms with Crippen LogP contribution in [0.2, 0.25) is 0 Å². The fourth-order valence-electron chi connectivity index (χ4n) is 3.99. The number of phenols is 1. The number of rotatable bonds is 6. The van der Waals surface area contributed by atoms with Crippen LogP contribution in [-0.4, -0.2) is 24.7 Å². The second-order valence-electron chi connectivity index (χ2n) is 7.39. The number of carbonyl (C=O) groups is 1. The lowest BCUT2D eigenvalue weighted by molar-refractivity contribution is -0.140. The molecule has 0 amide bonds. The van der Waals surface area contributed by atoms with Gasteiger partial charge >= 0.3 is 5.97 Å². The number of esters is 1. The number of aromatic hydroxyl groups is 1. The maximum absolute atomic E-state index is 12.0. The van der Waals surface area contributed by atoms with Crippen LogP contribution in [0.4, 0.5) is 5.69 Å². The van der Waals surface area contributed by atoms with E-state index in [1.54, 1.807) is 12.1 Å². The van der Waals surface area contributed by atoms with Crippen molar-refractivity contribution in [3.05, 3.63) is 95.1 Å². The molecule has 4 heteroatoms. The summed E-state index contributed by atoms with van der Waals surface area (Å²) in [4.78, 5) is 12.0. The summed E-state index contributed by atoms with van der Waals surface area (Å²) in [6.07, 6.45) is 1.85. The first-order chi connectivity index (χ1) is 14.7. The standard InChI is InChI=1S/C26H25NO3/c1-30-25(29)14-12-23(18-5-3-2-4-6-18)26(19-7-10-22(28)11-8-19)21-9-13-24-20(17-21)15-16-27-24/h2-11,13,17,27-28H,12,14-16H2,1H3/b26-23-. The number of hydrogen-bond donors (Lipinski definition) is 2. The van der Waals surface area contributed by atoms with Crippen LogP contribution in [-0.2, 0) is 16.0 Å². The third kappa shape index (κ3) is 4.23. The molecule has 0 atom stereocenters. The fourth-order valence-corrected chi connectivity index (χ4v) is 3.99. The molecule has 3 aromatic rings. The molecule has 4 nitrogen and oxygen atoms in total. The molecule has 0 spiro atoms. The van der Waals surface area contributed by atoms with E-state index in [4.69, 9.17) is 4.74 Å². The van der Waals surface area contributed by atoms with Crippen LogP contribution in [0.15, 0.2) is 72.8 Å². The van der Waals surface area contributed by atoms with Crippen molar-refractivity contribution in [1.29, 1.82) is 0 Å². The summed E-state index contributed by atoms with van der Waals surface area (Å²) in [6, 6.07) is 23.9. The van der Waals surface area contributed by atoms with Gasteiger partial charge in [-0.2, -0.15) is 0 Å². The third-order valence-electron chi connectivity index (χ3n) is 5.49. The molecule has 1 heterocycles. The van der Waals surface area contributed by atoms with Gasteiger partial charge in [-0.25, -0.2) is 0 Å². The number of carbonyl (C=O) groups excluding carboxylic acids is 1. The summed E-state index contributed by atoms with van der Waals surface area (Å²) in [5.41, 5.74) is 7.80. The van der Waals surface area contributed by atoms with E-state index in [9.17, 15) is 9.90 Å². The van der Waals surface area contributed by atoms with Gasteiger partial charge in [-0.15, -0.1) is 0 Å². The Morgan fingerprint density at radius 3 is 2.40 bits per heavy atom. The van der Waals surface area contributed by atoms with E-state index in [-0.39, 0.29) is 11.7 Å². The zero-order valence-corrected chi connectivity index (χ0v) is 17.0. The van der Waals surface area contributed by atoms with Crippen molar-refractivity contribution in [3.8, 4) is 5.75 Å². The van der Waals surface area contributed by atoms with Gasteiger partial charge in [-0.05, 0) is 70.5 Å². The van der Waals surface area contributed by atoms with E-state index in [0.717, 1.165) is 40.8 Å². The van der Waals surface area contributed by atoms with Crippen molar-refractivity contribution >= 4 is 22.8 Å². The summed E-state index contributed by atoms with van der Waals surface area (Å²) in [7, 11) is 1.42. The molecule has 0 aromatic heterocycles. The number of phenolic OH excluding ortho intramolecular Hbond substituents is 1. The van der Waals surface area contributed by atoms with E-state index < -0.39 is 0 Å². The Kier molecular flexibility index (Phi) is 5.84. The predicted molar refractivity (Wildman–Crippen MR) is 120 cm³/mol. The summed E-state index contributed by atoms with van der Waals surface area (Å²) in [5.74, 6) is -0.00119. The maximum atomic E-state index is 12.0. The second-order valence-corrected chi connectivity index (χ2v) is 7.39. The number of nitrogens with one attached hydrogen (secondary N) is 1. The van der Waals surface area contributed by atoms with Gasteiger partial charge in [0.25, 0.3) is 0 Å². The Morgan fingerprint density at radius 1 is 0.933 bits per heavy atom. The number of benzene rings is 3. The molecule has 0 saturated carbocycles. The number of ether oxygens (including phenoxy) is 1. The Bertz CT molecular complexity index is 1070. The monoisotopic (exact) mass is 399 g/mol. The van der Waals surface area contributed by atoms with Crippen LogP contribution >= 0.6 is 0 Å². The van der Waals surface area contributed by atoms with E-state index in [0.29, 0.717) is 12.8 Å². The lowest BCUT2D eigenvalue weighted by Gasteiger charge is -2.18. The zero-order chi connectivity index (χ0) is 20.9. The lowest BCUT2D eigenvalue weighted by Crippen LogP contribution is -2.03. The molecule has 0 aliphatic carbocycles. The minimum absolute atomic E-state index is 0.229. The number of fused-ring (bicyclic) bond motifs is 1. The molecule has 152 valence electrons. The van der Waals surface area contributed by atoms with Crippen LogP contribution < -0.4 is 5.32 Å². The zero-order valence-electron chi connectivity index (χ0n) is 17.0. The van der Waals surface area contributed by atoms with Crippen molar-refractivity contribution in [2.45, 2.75) is 19.3 Å². The van der Waals surface area contributed by atoms with Gasteiger partial charge in [0, 0.05) is 18.7 Å². The maximum Gasteiger partial charge on any atom is 0.305 e. The van der Waals surface area contributed by atoms with Crippen molar-refractivity contribution in [2.24, 2.45) is 0 Å². The summed E-state index contributed by atoms with van der Waals surface area (Å²) < 4.78 is 4.90. The first-order valence-electron chi connectivity index (χ1n) is 10.2. The lowest BCUT2D eigenvalue weighted by atomic mass is 9.86. The molecule has 0 fully saturated rings. The van der Waals surface area contributed by atoms with Crippen molar-refractivity contribution in [2.75, 3.05) is 19.0 Å². The Hall–Kier alpha value is -3.53. The molecule has 2 N–H and O–H groups in total. The average Bonchev–Trinajstić information content (AvgIpc) is 3.26. The molecule has 0 unspecified atom stereocenters. The Labute approximate surface area is 176 Å². The Balaban J connectivity index is 1.92. The molecular formula is C26H25NO3. The van der Waals surface area contributed by atoms with Gasteiger partial charge in [0.15, 0.2) is 0 Å². The second kappa shape index (κ2) is 8.87. The van der Waals surface area contributed by atoms with Crippen LogP contribution in [0, 0.1) is 0 Å². The van der Waals surface area contributed by atoms with Crippen molar-refractivity contribution < 1.29 is 14.6 Å². The summed E-state index contributed by atoms with van der Waals surface area (Å²) in [6.45, 7) is 0.949. The normalized spacial score (nSPS) is 13.2. The first kappa shape index (κ1) is 19.8. The largest absolute Gasteiger partial charge is 0.508 e. The molecule has 0 saturated heterocycles. The molecule has 30 heavy (non-hydrogen) atoms. The van der Waals surface area contributed by atoms with E-state index in [2.05, 4.69) is 35.6 Å². The van der Waals surface area contributed by atoms with Crippen molar-refractivity contribution in [3.63, 3.8) is 0 Å².